The van der Waals surface area contributed by atoms with E-state index in [0.717, 1.165) is 22.4 Å². The van der Waals surface area contributed by atoms with Crippen molar-refractivity contribution >= 4 is 40.3 Å². The van der Waals surface area contributed by atoms with Gasteiger partial charge in [0, 0.05) is 5.75 Å². The smallest absolute Gasteiger partial charge is 0.356 e. The summed E-state index contributed by atoms with van der Waals surface area (Å²) in [6.45, 7) is 2.00. The van der Waals surface area contributed by atoms with Crippen LogP contribution in [0.5, 0.6) is 0 Å². The number of rotatable bonds is 10. The predicted octanol–water partition coefficient (Wildman–Crippen LogP) is 3.98. The number of carbonyl (C=O) groups is 3. The zero-order chi connectivity index (χ0) is 28.1. The third kappa shape index (κ3) is 5.90. The van der Waals surface area contributed by atoms with Gasteiger partial charge in [0.25, 0.3) is 5.91 Å². The van der Waals surface area contributed by atoms with Crippen molar-refractivity contribution < 1.29 is 23.3 Å². The minimum atomic E-state index is -1.49. The first kappa shape index (κ1) is 27.9. The number of amides is 2. The highest BCUT2D eigenvalue weighted by molar-refractivity contribution is 7.99. The summed E-state index contributed by atoms with van der Waals surface area (Å²) in [6.07, 6.45) is -0.589. The van der Waals surface area contributed by atoms with Gasteiger partial charge in [0.15, 0.2) is 6.10 Å². The molecule has 5 rings (SSSR count). The molecule has 1 saturated heterocycles. The average molecular weight is 575 g/mol. The maximum atomic E-state index is 13.9. The van der Waals surface area contributed by atoms with Crippen molar-refractivity contribution in [3.8, 4) is 0 Å². The van der Waals surface area contributed by atoms with Crippen molar-refractivity contribution in [2.75, 3.05) is 17.3 Å². The number of ether oxygens (including phenoxy) is 1. The van der Waals surface area contributed by atoms with Gasteiger partial charge in [-0.05, 0) is 28.0 Å². The summed E-state index contributed by atoms with van der Waals surface area (Å²) in [5.41, 5.74) is 3.16. The Labute approximate surface area is 240 Å². The van der Waals surface area contributed by atoms with Crippen molar-refractivity contribution in [1.29, 1.82) is 0 Å². The van der Waals surface area contributed by atoms with E-state index in [0.29, 0.717) is 11.3 Å². The molecule has 1 fully saturated rings. The summed E-state index contributed by atoms with van der Waals surface area (Å²) in [5, 5.41) is 1.93. The SMILES string of the molecule is CCSCC1=C(C(=O)OC(c2ccccc2)c2ccccc2)N2C(=O)C(NC(=O)Cc3ccccc3)[C@@H]2S(=O)C1. The van der Waals surface area contributed by atoms with Crippen LogP contribution in [0.2, 0.25) is 0 Å². The van der Waals surface area contributed by atoms with E-state index >= 15 is 0 Å². The molecule has 2 aliphatic rings. The van der Waals surface area contributed by atoms with E-state index < -0.39 is 40.2 Å². The number of carbonyl (C=O) groups excluding carboxylic acids is 3. The van der Waals surface area contributed by atoms with E-state index in [9.17, 15) is 18.6 Å². The van der Waals surface area contributed by atoms with E-state index in [-0.39, 0.29) is 23.8 Å². The monoisotopic (exact) mass is 574 g/mol. The van der Waals surface area contributed by atoms with E-state index in [1.807, 2.05) is 97.9 Å². The maximum absolute atomic E-state index is 13.9. The van der Waals surface area contributed by atoms with E-state index in [1.165, 1.54) is 4.90 Å². The van der Waals surface area contributed by atoms with Crippen LogP contribution in [0.25, 0.3) is 0 Å². The lowest BCUT2D eigenvalue weighted by atomic mass is 10.0. The van der Waals surface area contributed by atoms with Crippen LogP contribution in [-0.4, -0.2) is 55.6 Å². The van der Waals surface area contributed by atoms with Gasteiger partial charge in [-0.25, -0.2) is 4.79 Å². The van der Waals surface area contributed by atoms with Crippen LogP contribution in [0.3, 0.4) is 0 Å². The molecule has 9 heteroatoms. The number of benzene rings is 3. The molecule has 2 heterocycles. The number of hydrogen-bond donors (Lipinski definition) is 1. The van der Waals surface area contributed by atoms with Crippen LogP contribution in [0.4, 0.5) is 0 Å². The highest BCUT2D eigenvalue weighted by atomic mass is 32.2. The molecule has 2 unspecified atom stereocenters. The van der Waals surface area contributed by atoms with Crippen LogP contribution in [0.15, 0.2) is 102 Å². The van der Waals surface area contributed by atoms with E-state index in [1.54, 1.807) is 11.8 Å². The van der Waals surface area contributed by atoms with Gasteiger partial charge >= 0.3 is 5.97 Å². The molecule has 0 radical (unpaired) electrons. The zero-order valence-corrected chi connectivity index (χ0v) is 23.7. The molecular weight excluding hydrogens is 544 g/mol. The number of β-lactam (4-membered cyclic amide) rings is 1. The fourth-order valence-electron chi connectivity index (χ4n) is 4.93. The van der Waals surface area contributed by atoms with Crippen LogP contribution < -0.4 is 5.32 Å². The Kier molecular flexibility index (Phi) is 8.81. The molecule has 7 nitrogen and oxygen atoms in total. The fraction of sp³-hybridized carbons (Fsp3) is 0.258. The molecule has 0 bridgehead atoms. The lowest BCUT2D eigenvalue weighted by molar-refractivity contribution is -0.154. The Morgan fingerprint density at radius 3 is 2.12 bits per heavy atom. The summed E-state index contributed by atoms with van der Waals surface area (Å²) in [5.74, 6) is -0.0526. The molecule has 0 saturated carbocycles. The minimum Gasteiger partial charge on any atom is -0.448 e. The van der Waals surface area contributed by atoms with Gasteiger partial charge in [-0.3, -0.25) is 18.7 Å². The van der Waals surface area contributed by atoms with Crippen LogP contribution in [0.1, 0.15) is 29.7 Å². The Morgan fingerprint density at radius 2 is 1.55 bits per heavy atom. The van der Waals surface area contributed by atoms with Gasteiger partial charge in [0.2, 0.25) is 5.91 Å². The van der Waals surface area contributed by atoms with Gasteiger partial charge in [0.1, 0.15) is 17.1 Å². The minimum absolute atomic E-state index is 0.100. The second-order valence-electron chi connectivity index (χ2n) is 9.53. The average Bonchev–Trinajstić information content (AvgIpc) is 2.98. The van der Waals surface area contributed by atoms with Gasteiger partial charge in [-0.1, -0.05) is 97.9 Å². The lowest BCUT2D eigenvalue weighted by Crippen LogP contribution is -2.73. The molecular formula is C31H30N2O5S2. The molecule has 40 heavy (non-hydrogen) atoms. The van der Waals surface area contributed by atoms with Crippen molar-refractivity contribution in [2.45, 2.75) is 30.9 Å². The number of fused-ring (bicyclic) bond motifs is 1. The number of thioether (sulfide) groups is 1. The Bertz CT molecular complexity index is 1390. The van der Waals surface area contributed by atoms with E-state index in [2.05, 4.69) is 5.32 Å². The zero-order valence-electron chi connectivity index (χ0n) is 22.0. The van der Waals surface area contributed by atoms with Gasteiger partial charge in [-0.2, -0.15) is 11.8 Å². The van der Waals surface area contributed by atoms with Crippen molar-refractivity contribution in [1.82, 2.24) is 10.2 Å². The van der Waals surface area contributed by atoms with Gasteiger partial charge < -0.3 is 10.1 Å². The molecule has 2 aliphatic heterocycles. The Balaban J connectivity index is 1.41. The summed E-state index contributed by atoms with van der Waals surface area (Å²) >= 11 is 1.58. The number of hydrogen-bond acceptors (Lipinski definition) is 6. The maximum Gasteiger partial charge on any atom is 0.356 e. The normalized spacial score (nSPS) is 20.1. The topological polar surface area (TPSA) is 92.8 Å². The van der Waals surface area contributed by atoms with Gasteiger partial charge in [-0.15, -0.1) is 0 Å². The third-order valence-electron chi connectivity index (χ3n) is 6.83. The lowest BCUT2D eigenvalue weighted by Gasteiger charge is -2.49. The van der Waals surface area contributed by atoms with Crippen molar-refractivity contribution in [2.24, 2.45) is 0 Å². The van der Waals surface area contributed by atoms with Crippen molar-refractivity contribution in [3.05, 3.63) is 119 Å². The molecule has 1 N–H and O–H groups in total. The molecule has 2 amide bonds. The number of esters is 1. The van der Waals surface area contributed by atoms with Crippen molar-refractivity contribution in [3.63, 3.8) is 0 Å². The standard InChI is InChI=1S/C31H30N2O5S2/c1-2-39-19-24-20-40(37)30-26(32-25(34)18-21-12-6-3-7-13-21)29(35)33(30)27(24)31(36)38-28(22-14-8-4-9-15-22)23-16-10-5-11-17-23/h3-17,26,28,30H,2,18-20H2,1H3,(H,32,34)/t26?,30-,40?/m0/s1. The molecule has 0 aromatic heterocycles. The summed E-state index contributed by atoms with van der Waals surface area (Å²) in [7, 11) is -1.49. The van der Waals surface area contributed by atoms with E-state index in [4.69, 9.17) is 4.74 Å². The largest absolute Gasteiger partial charge is 0.448 e. The summed E-state index contributed by atoms with van der Waals surface area (Å²) < 4.78 is 19.4. The molecule has 206 valence electrons. The first-order chi connectivity index (χ1) is 19.5. The summed E-state index contributed by atoms with van der Waals surface area (Å²) in [4.78, 5) is 41.3. The highest BCUT2D eigenvalue weighted by Gasteiger charge is 2.57. The fourth-order valence-corrected chi connectivity index (χ4v) is 7.43. The molecule has 3 atom stereocenters. The number of nitrogens with one attached hydrogen (secondary N) is 1. The predicted molar refractivity (Wildman–Crippen MR) is 157 cm³/mol. The van der Waals surface area contributed by atoms with Crippen LogP contribution >= 0.6 is 11.8 Å². The highest BCUT2D eigenvalue weighted by Crippen LogP contribution is 2.38. The summed E-state index contributed by atoms with van der Waals surface area (Å²) in [6, 6.07) is 27.1. The Hall–Kier alpha value is -3.69. The Morgan fingerprint density at radius 1 is 0.975 bits per heavy atom. The first-order valence-corrected chi connectivity index (χ1v) is 15.7. The second-order valence-corrected chi connectivity index (χ2v) is 12.3. The second kappa shape index (κ2) is 12.7. The molecule has 3 aromatic carbocycles. The first-order valence-electron chi connectivity index (χ1n) is 13.1. The molecule has 0 aliphatic carbocycles. The van der Waals surface area contributed by atoms with Crippen LogP contribution in [-0.2, 0) is 36.3 Å². The molecule has 3 aromatic rings. The van der Waals surface area contributed by atoms with Crippen LogP contribution in [0, 0.1) is 0 Å². The quantitative estimate of drug-likeness (QED) is 0.291. The number of nitrogens with zero attached hydrogens (tertiary/aromatic N) is 1. The third-order valence-corrected chi connectivity index (χ3v) is 9.45. The molecule has 0 spiro atoms. The van der Waals surface area contributed by atoms with Gasteiger partial charge in [0.05, 0.1) is 23.0 Å².